The van der Waals surface area contributed by atoms with Crippen molar-refractivity contribution < 1.29 is 9.53 Å². The Morgan fingerprint density at radius 1 is 1.05 bits per heavy atom. The second kappa shape index (κ2) is 9.48. The maximum Gasteiger partial charge on any atom is 0.225 e. The smallest absolute Gasteiger partial charge is 0.225 e. The topological polar surface area (TPSA) is 44.8 Å². The van der Waals surface area contributed by atoms with Crippen LogP contribution in [0, 0.1) is 5.92 Å². The van der Waals surface area contributed by atoms with Gasteiger partial charge >= 0.3 is 0 Å². The molecule has 2 rings (SSSR count). The zero-order valence-corrected chi connectivity index (χ0v) is 14.4. The highest BCUT2D eigenvalue weighted by Gasteiger charge is 2.24. The maximum atomic E-state index is 12.3. The van der Waals surface area contributed by atoms with Crippen LogP contribution >= 0.6 is 0 Å². The Balaban J connectivity index is 1.64. The number of carbonyl (C=O) groups is 1. The summed E-state index contributed by atoms with van der Waals surface area (Å²) in [6, 6.07) is 0. The van der Waals surface area contributed by atoms with E-state index in [4.69, 9.17) is 4.74 Å². The van der Waals surface area contributed by atoms with Crippen LogP contribution in [0.25, 0.3) is 0 Å². The molecule has 0 atom stereocenters. The van der Waals surface area contributed by atoms with E-state index in [-0.39, 0.29) is 11.8 Å². The third-order valence-corrected chi connectivity index (χ3v) is 4.86. The molecule has 1 saturated carbocycles. The number of amides is 1. The summed E-state index contributed by atoms with van der Waals surface area (Å²) in [6.45, 7) is 5.05. The van der Waals surface area contributed by atoms with Crippen molar-refractivity contribution in [3.05, 3.63) is 0 Å². The van der Waals surface area contributed by atoms with Gasteiger partial charge in [0.05, 0.1) is 18.6 Å². The molecule has 0 radical (unpaired) electrons. The molecule has 1 N–H and O–H groups in total. The third-order valence-electron chi connectivity index (χ3n) is 4.86. The molecule has 0 unspecified atom stereocenters. The Hall–Kier alpha value is -0.650. The summed E-state index contributed by atoms with van der Waals surface area (Å²) in [5, 5.41) is 3.06. The Kier molecular flexibility index (Phi) is 7.63. The Labute approximate surface area is 135 Å². The highest BCUT2D eigenvalue weighted by molar-refractivity contribution is 5.79. The molecule has 5 nitrogen and oxygen atoms in total. The van der Waals surface area contributed by atoms with E-state index in [0.717, 1.165) is 26.2 Å². The fourth-order valence-corrected chi connectivity index (χ4v) is 3.45. The first kappa shape index (κ1) is 17.7. The van der Waals surface area contributed by atoms with Crippen LogP contribution in [0.4, 0.5) is 0 Å². The lowest BCUT2D eigenvalue weighted by atomic mass is 10.1. The lowest BCUT2D eigenvalue weighted by Crippen LogP contribution is -2.41. The highest BCUT2D eigenvalue weighted by atomic mass is 16.5. The molecule has 0 spiro atoms. The molecule has 1 amide bonds. The first-order valence-corrected chi connectivity index (χ1v) is 8.91. The van der Waals surface area contributed by atoms with Crippen LogP contribution in [0.15, 0.2) is 0 Å². The van der Waals surface area contributed by atoms with E-state index < -0.39 is 0 Å². The predicted octanol–water partition coefficient (Wildman–Crippen LogP) is 1.34. The zero-order valence-electron chi connectivity index (χ0n) is 14.4. The minimum Gasteiger partial charge on any atom is -0.376 e. The first-order chi connectivity index (χ1) is 10.6. The zero-order chi connectivity index (χ0) is 15.8. The molecule has 1 aliphatic carbocycles. The van der Waals surface area contributed by atoms with E-state index in [1.807, 2.05) is 0 Å². The van der Waals surface area contributed by atoms with Gasteiger partial charge in [0.2, 0.25) is 5.91 Å². The van der Waals surface area contributed by atoms with E-state index in [1.54, 1.807) is 0 Å². The van der Waals surface area contributed by atoms with Crippen LogP contribution in [-0.2, 0) is 9.53 Å². The lowest BCUT2D eigenvalue weighted by Gasteiger charge is -2.21. The molecule has 2 fully saturated rings. The van der Waals surface area contributed by atoms with Crippen molar-refractivity contribution in [3.8, 4) is 0 Å². The maximum absolute atomic E-state index is 12.3. The highest BCUT2D eigenvalue weighted by Crippen LogP contribution is 2.19. The quantitative estimate of drug-likeness (QED) is 0.615. The Morgan fingerprint density at radius 3 is 2.23 bits per heavy atom. The fourth-order valence-electron chi connectivity index (χ4n) is 3.45. The molecule has 128 valence electrons. The average Bonchev–Trinajstić information content (AvgIpc) is 2.85. The lowest BCUT2D eigenvalue weighted by molar-refractivity contribution is -0.126. The van der Waals surface area contributed by atoms with Crippen molar-refractivity contribution in [1.29, 1.82) is 0 Å². The number of nitrogens with zero attached hydrogens (tertiary/aromatic N) is 2. The summed E-state index contributed by atoms with van der Waals surface area (Å²) in [7, 11) is 4.18. The number of rotatable bonds is 5. The predicted molar refractivity (Wildman–Crippen MR) is 88.9 cm³/mol. The molecule has 0 aromatic carbocycles. The van der Waals surface area contributed by atoms with E-state index in [0.29, 0.717) is 19.3 Å². The molecular weight excluding hydrogens is 278 g/mol. The number of carbonyl (C=O) groups excluding carboxylic acids is 1. The molecule has 5 heteroatoms. The minimum atomic E-state index is 0.0652. The number of likely N-dealkylation sites (N-methyl/N-ethyl adjacent to an activating group) is 2. The number of nitrogens with one attached hydrogen (secondary N) is 1. The summed E-state index contributed by atoms with van der Waals surface area (Å²) in [4.78, 5) is 16.8. The van der Waals surface area contributed by atoms with Crippen LogP contribution in [0.3, 0.4) is 0 Å². The Bertz CT molecular complexity index is 318. The van der Waals surface area contributed by atoms with Crippen molar-refractivity contribution in [1.82, 2.24) is 15.1 Å². The summed E-state index contributed by atoms with van der Waals surface area (Å²) >= 11 is 0. The largest absolute Gasteiger partial charge is 0.376 e. The molecule has 0 aromatic rings. The van der Waals surface area contributed by atoms with Gasteiger partial charge in [-0.15, -0.1) is 0 Å². The van der Waals surface area contributed by atoms with E-state index in [2.05, 4.69) is 29.2 Å². The standard InChI is InChI=1S/C17H33N3O2/c1-19-10-11-20(2)14-15(13-19)17(21)18-9-12-22-16-7-5-3-4-6-8-16/h15-16H,3-14H2,1-2H3,(H,18,21). The van der Waals surface area contributed by atoms with Crippen LogP contribution in [0.1, 0.15) is 38.5 Å². The van der Waals surface area contributed by atoms with Gasteiger partial charge in [0.25, 0.3) is 0 Å². The Morgan fingerprint density at radius 2 is 1.64 bits per heavy atom. The molecule has 0 bridgehead atoms. The van der Waals surface area contributed by atoms with Gasteiger partial charge in [-0.1, -0.05) is 25.7 Å². The SMILES string of the molecule is CN1CCN(C)CC(C(=O)NCCOC2CCCCCC2)C1. The molecular formula is C17H33N3O2. The van der Waals surface area contributed by atoms with Gasteiger partial charge in [-0.05, 0) is 26.9 Å². The normalized spacial score (nSPS) is 23.9. The molecule has 1 saturated heterocycles. The molecule has 1 heterocycles. The van der Waals surface area contributed by atoms with Crippen molar-refractivity contribution >= 4 is 5.91 Å². The first-order valence-electron chi connectivity index (χ1n) is 8.91. The molecule has 2 aliphatic rings. The van der Waals surface area contributed by atoms with Crippen LogP contribution in [-0.4, -0.2) is 75.2 Å². The van der Waals surface area contributed by atoms with Gasteiger partial charge in [0, 0.05) is 32.7 Å². The average molecular weight is 311 g/mol. The van der Waals surface area contributed by atoms with Gasteiger partial charge < -0.3 is 19.9 Å². The van der Waals surface area contributed by atoms with Gasteiger partial charge in [-0.25, -0.2) is 0 Å². The summed E-state index contributed by atoms with van der Waals surface area (Å²) in [5.41, 5.74) is 0. The fraction of sp³-hybridized carbons (Fsp3) is 0.941. The van der Waals surface area contributed by atoms with E-state index in [9.17, 15) is 4.79 Å². The van der Waals surface area contributed by atoms with Crippen LogP contribution in [0.2, 0.25) is 0 Å². The van der Waals surface area contributed by atoms with Crippen LogP contribution < -0.4 is 5.32 Å². The van der Waals surface area contributed by atoms with Crippen molar-refractivity contribution in [2.45, 2.75) is 44.6 Å². The molecule has 22 heavy (non-hydrogen) atoms. The number of hydrogen-bond donors (Lipinski definition) is 1. The molecule has 1 aliphatic heterocycles. The van der Waals surface area contributed by atoms with Gasteiger partial charge in [-0.3, -0.25) is 4.79 Å². The second-order valence-corrected chi connectivity index (χ2v) is 7.00. The van der Waals surface area contributed by atoms with E-state index >= 15 is 0 Å². The summed E-state index contributed by atoms with van der Waals surface area (Å²) in [6.07, 6.45) is 8.06. The van der Waals surface area contributed by atoms with Crippen LogP contribution in [0.5, 0.6) is 0 Å². The van der Waals surface area contributed by atoms with Gasteiger partial charge in [0.15, 0.2) is 0 Å². The summed E-state index contributed by atoms with van der Waals surface area (Å²) in [5.74, 6) is 0.237. The minimum absolute atomic E-state index is 0.0652. The monoisotopic (exact) mass is 311 g/mol. The van der Waals surface area contributed by atoms with Crippen molar-refractivity contribution in [2.75, 3.05) is 53.4 Å². The van der Waals surface area contributed by atoms with Gasteiger partial charge in [-0.2, -0.15) is 0 Å². The second-order valence-electron chi connectivity index (χ2n) is 7.00. The number of hydrogen-bond acceptors (Lipinski definition) is 4. The summed E-state index contributed by atoms with van der Waals surface area (Å²) < 4.78 is 5.93. The number of ether oxygens (including phenoxy) is 1. The molecule has 0 aromatic heterocycles. The van der Waals surface area contributed by atoms with Crippen molar-refractivity contribution in [2.24, 2.45) is 5.92 Å². The third kappa shape index (κ3) is 6.23. The van der Waals surface area contributed by atoms with E-state index in [1.165, 1.54) is 38.5 Å². The van der Waals surface area contributed by atoms with Crippen molar-refractivity contribution in [3.63, 3.8) is 0 Å². The van der Waals surface area contributed by atoms with Gasteiger partial charge in [0.1, 0.15) is 0 Å².